The minimum absolute atomic E-state index is 0. The van der Waals surface area contributed by atoms with Gasteiger partial charge in [0.2, 0.25) is 12.7 Å². The van der Waals surface area contributed by atoms with Crippen molar-refractivity contribution in [3.8, 4) is 11.5 Å². The zero-order valence-corrected chi connectivity index (χ0v) is 13.4. The molecule has 22 heavy (non-hydrogen) atoms. The fourth-order valence-electron chi connectivity index (χ4n) is 2.77. The van der Waals surface area contributed by atoms with Crippen molar-refractivity contribution < 1.29 is 14.3 Å². The molecule has 1 amide bonds. The summed E-state index contributed by atoms with van der Waals surface area (Å²) < 4.78 is 10.5. The van der Waals surface area contributed by atoms with Gasteiger partial charge < -0.3 is 20.5 Å². The second-order valence-corrected chi connectivity index (χ2v) is 5.78. The van der Waals surface area contributed by atoms with Crippen LogP contribution in [0.3, 0.4) is 0 Å². The number of likely N-dealkylation sites (tertiary alicyclic amines) is 1. The number of hydrogen-bond acceptors (Lipinski definition) is 5. The first kappa shape index (κ1) is 16.9. The lowest BCUT2D eigenvalue weighted by molar-refractivity contribution is -0.117. The third-order valence-electron chi connectivity index (χ3n) is 4.08. The molecule has 3 N–H and O–H groups in total. The minimum atomic E-state index is -0.0171. The number of nitrogens with zero attached hydrogens (tertiary/aromatic N) is 1. The third-order valence-corrected chi connectivity index (χ3v) is 4.08. The number of nitrogens with one attached hydrogen (secondary N) is 1. The molecular formula is C15H22ClN3O3. The molecule has 2 aliphatic rings. The highest BCUT2D eigenvalue weighted by atomic mass is 35.5. The molecule has 2 heterocycles. The van der Waals surface area contributed by atoms with Crippen molar-refractivity contribution in [1.29, 1.82) is 0 Å². The molecule has 122 valence electrons. The molecule has 2 unspecified atom stereocenters. The minimum Gasteiger partial charge on any atom is -0.454 e. The van der Waals surface area contributed by atoms with Crippen LogP contribution in [0.1, 0.15) is 13.3 Å². The smallest absolute Gasteiger partial charge is 0.238 e. The second kappa shape index (κ2) is 7.17. The summed E-state index contributed by atoms with van der Waals surface area (Å²) >= 11 is 0. The van der Waals surface area contributed by atoms with Crippen LogP contribution in [-0.4, -0.2) is 43.3 Å². The number of rotatable bonds is 3. The van der Waals surface area contributed by atoms with Gasteiger partial charge in [0.05, 0.1) is 6.54 Å². The number of anilines is 1. The lowest BCUT2D eigenvalue weighted by Crippen LogP contribution is -2.48. The van der Waals surface area contributed by atoms with Gasteiger partial charge in [-0.05, 0) is 24.5 Å². The van der Waals surface area contributed by atoms with Crippen molar-refractivity contribution in [1.82, 2.24) is 4.90 Å². The van der Waals surface area contributed by atoms with Gasteiger partial charge >= 0.3 is 0 Å². The first-order valence-corrected chi connectivity index (χ1v) is 7.29. The van der Waals surface area contributed by atoms with E-state index in [1.54, 1.807) is 12.1 Å². The Morgan fingerprint density at radius 1 is 1.41 bits per heavy atom. The number of ether oxygens (including phenoxy) is 2. The van der Waals surface area contributed by atoms with Crippen LogP contribution in [0.15, 0.2) is 18.2 Å². The van der Waals surface area contributed by atoms with Crippen LogP contribution < -0.4 is 20.5 Å². The normalized spacial score (nSPS) is 23.7. The van der Waals surface area contributed by atoms with Gasteiger partial charge in [-0.2, -0.15) is 0 Å². The molecular weight excluding hydrogens is 306 g/mol. The van der Waals surface area contributed by atoms with E-state index in [1.165, 1.54) is 0 Å². The Bertz CT molecular complexity index is 541. The number of amides is 1. The number of carbonyl (C=O) groups excluding carboxylic acids is 1. The standard InChI is InChI=1S/C15H21N3O3.ClH/c1-10-7-18(5-4-12(10)16)8-15(19)17-11-2-3-13-14(6-11)21-9-20-13;/h2-3,6,10,12H,4-5,7-9,16H2,1H3,(H,17,19);1H. The topological polar surface area (TPSA) is 76.8 Å². The van der Waals surface area contributed by atoms with Crippen LogP contribution >= 0.6 is 12.4 Å². The first-order valence-electron chi connectivity index (χ1n) is 7.29. The summed E-state index contributed by atoms with van der Waals surface area (Å²) in [5.41, 5.74) is 6.72. The molecule has 7 heteroatoms. The van der Waals surface area contributed by atoms with Crippen LogP contribution in [-0.2, 0) is 4.79 Å². The number of halogens is 1. The van der Waals surface area contributed by atoms with Gasteiger partial charge in [-0.15, -0.1) is 12.4 Å². The first-order chi connectivity index (χ1) is 10.1. The highest BCUT2D eigenvalue weighted by Gasteiger charge is 2.24. The average Bonchev–Trinajstić information content (AvgIpc) is 2.90. The van der Waals surface area contributed by atoms with Crippen molar-refractivity contribution in [3.05, 3.63) is 18.2 Å². The van der Waals surface area contributed by atoms with Crippen molar-refractivity contribution in [3.63, 3.8) is 0 Å². The van der Waals surface area contributed by atoms with Crippen molar-refractivity contribution in [2.75, 3.05) is 31.7 Å². The number of carbonyl (C=O) groups is 1. The summed E-state index contributed by atoms with van der Waals surface area (Å²) in [4.78, 5) is 14.3. The molecule has 2 atom stereocenters. The summed E-state index contributed by atoms with van der Waals surface area (Å²) in [5.74, 6) is 1.80. The van der Waals surface area contributed by atoms with E-state index in [2.05, 4.69) is 17.1 Å². The molecule has 1 fully saturated rings. The lowest BCUT2D eigenvalue weighted by atomic mass is 9.95. The zero-order chi connectivity index (χ0) is 14.8. The summed E-state index contributed by atoms with van der Waals surface area (Å²) in [6.45, 7) is 4.51. The maximum Gasteiger partial charge on any atom is 0.238 e. The van der Waals surface area contributed by atoms with Gasteiger partial charge in [-0.25, -0.2) is 0 Å². The predicted octanol–water partition coefficient (Wildman–Crippen LogP) is 1.44. The maximum absolute atomic E-state index is 12.1. The fraction of sp³-hybridized carbons (Fsp3) is 0.533. The molecule has 2 aliphatic heterocycles. The number of hydrogen-bond donors (Lipinski definition) is 2. The van der Waals surface area contributed by atoms with Crippen molar-refractivity contribution >= 4 is 24.0 Å². The van der Waals surface area contributed by atoms with E-state index in [0.717, 1.165) is 25.2 Å². The van der Waals surface area contributed by atoms with E-state index in [1.807, 2.05) is 6.07 Å². The van der Waals surface area contributed by atoms with Gasteiger partial charge in [0, 0.05) is 30.9 Å². The zero-order valence-electron chi connectivity index (χ0n) is 12.6. The number of fused-ring (bicyclic) bond motifs is 1. The van der Waals surface area contributed by atoms with Crippen molar-refractivity contribution in [2.24, 2.45) is 11.7 Å². The Balaban J connectivity index is 0.00000176. The number of benzene rings is 1. The number of nitrogens with two attached hydrogens (primary N) is 1. The molecule has 0 saturated carbocycles. The molecule has 0 spiro atoms. The van der Waals surface area contributed by atoms with Crippen LogP contribution in [0, 0.1) is 5.92 Å². The molecule has 0 aromatic heterocycles. The Kier molecular flexibility index (Phi) is 5.50. The predicted molar refractivity (Wildman–Crippen MR) is 86.6 cm³/mol. The summed E-state index contributed by atoms with van der Waals surface area (Å²) in [5, 5.41) is 2.90. The molecule has 0 radical (unpaired) electrons. The molecule has 0 aliphatic carbocycles. The largest absolute Gasteiger partial charge is 0.454 e. The lowest BCUT2D eigenvalue weighted by Gasteiger charge is -2.34. The Hall–Kier alpha value is -1.50. The van der Waals surface area contributed by atoms with Crippen molar-refractivity contribution in [2.45, 2.75) is 19.4 Å². The van der Waals surface area contributed by atoms with E-state index >= 15 is 0 Å². The Labute approximate surface area is 136 Å². The Morgan fingerprint density at radius 2 is 2.18 bits per heavy atom. The summed E-state index contributed by atoms with van der Waals surface area (Å²) in [7, 11) is 0. The Morgan fingerprint density at radius 3 is 2.95 bits per heavy atom. The third kappa shape index (κ3) is 3.82. The molecule has 6 nitrogen and oxygen atoms in total. The highest BCUT2D eigenvalue weighted by molar-refractivity contribution is 5.92. The van der Waals surface area contributed by atoms with Gasteiger partial charge in [0.1, 0.15) is 0 Å². The van der Waals surface area contributed by atoms with E-state index in [-0.39, 0.29) is 31.1 Å². The molecule has 1 aromatic carbocycles. The van der Waals surface area contributed by atoms with E-state index in [4.69, 9.17) is 15.2 Å². The van der Waals surface area contributed by atoms with E-state index in [9.17, 15) is 4.79 Å². The summed E-state index contributed by atoms with van der Waals surface area (Å²) in [6, 6.07) is 5.66. The van der Waals surface area contributed by atoms with Crippen LogP contribution in [0.5, 0.6) is 11.5 Å². The molecule has 3 rings (SSSR count). The molecule has 1 aromatic rings. The fourth-order valence-corrected chi connectivity index (χ4v) is 2.77. The van der Waals surface area contributed by atoms with Crippen LogP contribution in [0.2, 0.25) is 0 Å². The van der Waals surface area contributed by atoms with Gasteiger partial charge in [0.25, 0.3) is 0 Å². The molecule has 1 saturated heterocycles. The maximum atomic E-state index is 12.1. The van der Waals surface area contributed by atoms with Gasteiger partial charge in [-0.3, -0.25) is 9.69 Å². The SMILES string of the molecule is CC1CN(CC(=O)Nc2ccc3c(c2)OCO3)CCC1N.Cl. The average molecular weight is 328 g/mol. The van der Waals surface area contributed by atoms with Crippen LogP contribution in [0.25, 0.3) is 0 Å². The highest BCUT2D eigenvalue weighted by Crippen LogP contribution is 2.34. The van der Waals surface area contributed by atoms with Gasteiger partial charge in [-0.1, -0.05) is 6.92 Å². The second-order valence-electron chi connectivity index (χ2n) is 5.78. The summed E-state index contributed by atoms with van der Waals surface area (Å²) in [6.07, 6.45) is 0.943. The van der Waals surface area contributed by atoms with Gasteiger partial charge in [0.15, 0.2) is 11.5 Å². The van der Waals surface area contributed by atoms with Crippen LogP contribution in [0.4, 0.5) is 5.69 Å². The molecule has 0 bridgehead atoms. The number of piperidine rings is 1. The quantitative estimate of drug-likeness (QED) is 0.878. The van der Waals surface area contributed by atoms with E-state index in [0.29, 0.717) is 24.0 Å². The monoisotopic (exact) mass is 327 g/mol. The van der Waals surface area contributed by atoms with E-state index < -0.39 is 0 Å².